The Morgan fingerprint density at radius 3 is 1.94 bits per heavy atom. The number of piperazine rings is 1. The van der Waals surface area contributed by atoms with Gasteiger partial charge in [-0.15, -0.1) is 0 Å². The molecule has 0 spiro atoms. The molecule has 11 heteroatoms. The summed E-state index contributed by atoms with van der Waals surface area (Å²) >= 11 is 0. The number of benzene rings is 2. The summed E-state index contributed by atoms with van der Waals surface area (Å²) < 4.78 is 27.4. The standard InChI is InChI=1S/C20H19N3O3S.C2H2O4/c24-20(17-7-9-21-10-8-17)22-11-13-23(14-12-22)27(25,26)19-6-5-16-3-1-2-4-18(16)15-19;3-1(4)2(5)6/h1-10,15H,11-14H2;(H,3,4)(H,5,6). The number of fused-ring (bicyclic) bond motifs is 1. The van der Waals surface area contributed by atoms with Gasteiger partial charge < -0.3 is 15.1 Å². The van der Waals surface area contributed by atoms with Crippen LogP contribution in [0.15, 0.2) is 71.9 Å². The van der Waals surface area contributed by atoms with E-state index in [1.165, 1.54) is 4.31 Å². The first-order chi connectivity index (χ1) is 15.7. The molecule has 0 saturated carbocycles. The number of aliphatic carboxylic acids is 2. The number of carboxylic acids is 2. The number of hydrogen-bond acceptors (Lipinski definition) is 6. The predicted molar refractivity (Wildman–Crippen MR) is 118 cm³/mol. The predicted octanol–water partition coefficient (Wildman–Crippen LogP) is 1.54. The average molecular weight is 471 g/mol. The molecule has 1 aliphatic rings. The Labute approximate surface area is 189 Å². The summed E-state index contributed by atoms with van der Waals surface area (Å²) in [5.74, 6) is -3.75. The zero-order valence-electron chi connectivity index (χ0n) is 17.4. The lowest BCUT2D eigenvalue weighted by molar-refractivity contribution is -0.159. The van der Waals surface area contributed by atoms with Crippen molar-refractivity contribution < 1.29 is 33.0 Å². The molecule has 4 rings (SSSR count). The van der Waals surface area contributed by atoms with Crippen molar-refractivity contribution in [3.63, 3.8) is 0 Å². The Hall–Kier alpha value is -3.83. The van der Waals surface area contributed by atoms with Crippen LogP contribution in [0, 0.1) is 0 Å². The minimum atomic E-state index is -3.58. The number of carbonyl (C=O) groups is 3. The van der Waals surface area contributed by atoms with Gasteiger partial charge in [-0.1, -0.05) is 30.3 Å². The van der Waals surface area contributed by atoms with E-state index < -0.39 is 22.0 Å². The maximum atomic E-state index is 13.0. The van der Waals surface area contributed by atoms with Crippen molar-refractivity contribution in [3.8, 4) is 0 Å². The van der Waals surface area contributed by atoms with E-state index in [4.69, 9.17) is 19.8 Å². The van der Waals surface area contributed by atoms with Crippen LogP contribution in [0.4, 0.5) is 0 Å². The second-order valence-electron chi connectivity index (χ2n) is 7.05. The highest BCUT2D eigenvalue weighted by molar-refractivity contribution is 7.89. The van der Waals surface area contributed by atoms with E-state index in [1.807, 2.05) is 30.3 Å². The van der Waals surface area contributed by atoms with Crippen molar-refractivity contribution in [3.05, 3.63) is 72.6 Å². The fraction of sp³-hybridized carbons (Fsp3) is 0.182. The number of sulfonamides is 1. The van der Waals surface area contributed by atoms with E-state index in [0.29, 0.717) is 18.7 Å². The largest absolute Gasteiger partial charge is 0.473 e. The number of hydrogen-bond donors (Lipinski definition) is 2. The molecule has 3 aromatic rings. The maximum absolute atomic E-state index is 13.0. The van der Waals surface area contributed by atoms with Crippen LogP contribution < -0.4 is 0 Å². The normalized spacial score (nSPS) is 14.2. The number of carboxylic acid groups (broad SMARTS) is 2. The first kappa shape index (κ1) is 23.8. The second kappa shape index (κ2) is 10.2. The Kier molecular flexibility index (Phi) is 7.36. The summed E-state index contributed by atoms with van der Waals surface area (Å²) in [6, 6.07) is 16.2. The van der Waals surface area contributed by atoms with Gasteiger partial charge in [0.1, 0.15) is 0 Å². The summed E-state index contributed by atoms with van der Waals surface area (Å²) in [6.45, 7) is 1.31. The molecule has 2 N–H and O–H groups in total. The van der Waals surface area contributed by atoms with Crippen LogP contribution in [0.2, 0.25) is 0 Å². The molecule has 172 valence electrons. The van der Waals surface area contributed by atoms with Gasteiger partial charge in [0.15, 0.2) is 0 Å². The van der Waals surface area contributed by atoms with Gasteiger partial charge in [-0.05, 0) is 35.0 Å². The van der Waals surface area contributed by atoms with Gasteiger partial charge >= 0.3 is 11.9 Å². The van der Waals surface area contributed by atoms with Crippen LogP contribution >= 0.6 is 0 Å². The molecule has 0 unspecified atom stereocenters. The first-order valence-electron chi connectivity index (χ1n) is 9.84. The molecule has 10 nitrogen and oxygen atoms in total. The number of pyridine rings is 1. The summed E-state index contributed by atoms with van der Waals surface area (Å²) in [7, 11) is -3.58. The van der Waals surface area contributed by atoms with Gasteiger partial charge in [-0.3, -0.25) is 9.78 Å². The molecule has 0 aliphatic carbocycles. The molecule has 1 amide bonds. The van der Waals surface area contributed by atoms with Crippen LogP contribution in [0.3, 0.4) is 0 Å². The molecule has 1 aliphatic heterocycles. The first-order valence-corrected chi connectivity index (χ1v) is 11.3. The zero-order chi connectivity index (χ0) is 24.0. The van der Waals surface area contributed by atoms with Crippen LogP contribution in [0.25, 0.3) is 10.8 Å². The molecule has 0 atom stereocenters. The molecule has 2 heterocycles. The minimum absolute atomic E-state index is 0.0971. The van der Waals surface area contributed by atoms with Crippen LogP contribution in [0.1, 0.15) is 10.4 Å². The number of rotatable bonds is 3. The SMILES string of the molecule is O=C(O)C(=O)O.O=C(c1ccncc1)N1CCN(S(=O)(=O)c2ccc3ccccc3c2)CC1. The van der Waals surface area contributed by atoms with Crippen molar-refractivity contribution in [1.29, 1.82) is 0 Å². The highest BCUT2D eigenvalue weighted by Gasteiger charge is 2.30. The Bertz CT molecular complexity index is 1260. The number of nitrogens with zero attached hydrogens (tertiary/aromatic N) is 3. The number of carbonyl (C=O) groups excluding carboxylic acids is 1. The third-order valence-corrected chi connectivity index (χ3v) is 6.89. The van der Waals surface area contributed by atoms with Crippen molar-refractivity contribution in [1.82, 2.24) is 14.2 Å². The Morgan fingerprint density at radius 1 is 0.788 bits per heavy atom. The van der Waals surface area contributed by atoms with E-state index >= 15 is 0 Å². The highest BCUT2D eigenvalue weighted by atomic mass is 32.2. The van der Waals surface area contributed by atoms with E-state index in [9.17, 15) is 13.2 Å². The highest BCUT2D eigenvalue weighted by Crippen LogP contribution is 2.23. The fourth-order valence-electron chi connectivity index (χ4n) is 3.29. The minimum Gasteiger partial charge on any atom is -0.473 e. The fourth-order valence-corrected chi connectivity index (χ4v) is 4.74. The van der Waals surface area contributed by atoms with E-state index in [0.717, 1.165) is 10.8 Å². The smallest absolute Gasteiger partial charge is 0.414 e. The molecule has 33 heavy (non-hydrogen) atoms. The molecular weight excluding hydrogens is 450 g/mol. The third-order valence-electron chi connectivity index (χ3n) is 4.99. The summed E-state index contributed by atoms with van der Waals surface area (Å²) in [6.07, 6.45) is 3.15. The van der Waals surface area contributed by atoms with Gasteiger partial charge in [-0.2, -0.15) is 4.31 Å². The quantitative estimate of drug-likeness (QED) is 0.547. The second-order valence-corrected chi connectivity index (χ2v) is 8.99. The molecular formula is C22H21N3O7S. The average Bonchev–Trinajstić information content (AvgIpc) is 2.84. The van der Waals surface area contributed by atoms with Gasteiger partial charge in [0.2, 0.25) is 10.0 Å². The summed E-state index contributed by atoms with van der Waals surface area (Å²) in [4.78, 5) is 36.6. The topological polar surface area (TPSA) is 145 Å². The van der Waals surface area contributed by atoms with E-state index in [2.05, 4.69) is 4.98 Å². The zero-order valence-corrected chi connectivity index (χ0v) is 18.2. The maximum Gasteiger partial charge on any atom is 0.414 e. The lowest BCUT2D eigenvalue weighted by Crippen LogP contribution is -2.50. The lowest BCUT2D eigenvalue weighted by atomic mass is 10.1. The monoisotopic (exact) mass is 471 g/mol. The van der Waals surface area contributed by atoms with Gasteiger partial charge in [0.25, 0.3) is 5.91 Å². The lowest BCUT2D eigenvalue weighted by Gasteiger charge is -2.34. The third kappa shape index (κ3) is 5.70. The molecule has 1 fully saturated rings. The molecule has 0 radical (unpaired) electrons. The molecule has 1 saturated heterocycles. The van der Waals surface area contributed by atoms with Crippen LogP contribution in [-0.4, -0.2) is 76.8 Å². The van der Waals surface area contributed by atoms with Gasteiger partial charge in [0, 0.05) is 44.1 Å². The number of aromatic nitrogens is 1. The van der Waals surface area contributed by atoms with Crippen molar-refractivity contribution in [2.24, 2.45) is 0 Å². The summed E-state index contributed by atoms with van der Waals surface area (Å²) in [5, 5.41) is 16.7. The Balaban J connectivity index is 0.000000454. The number of amides is 1. The van der Waals surface area contributed by atoms with E-state index in [1.54, 1.807) is 41.6 Å². The van der Waals surface area contributed by atoms with Gasteiger partial charge in [0.05, 0.1) is 4.90 Å². The van der Waals surface area contributed by atoms with Crippen molar-refractivity contribution in [2.75, 3.05) is 26.2 Å². The van der Waals surface area contributed by atoms with Gasteiger partial charge in [-0.25, -0.2) is 18.0 Å². The van der Waals surface area contributed by atoms with Crippen molar-refractivity contribution >= 4 is 38.6 Å². The molecule has 0 bridgehead atoms. The van der Waals surface area contributed by atoms with Crippen LogP contribution in [0.5, 0.6) is 0 Å². The van der Waals surface area contributed by atoms with Crippen molar-refractivity contribution in [2.45, 2.75) is 4.90 Å². The van der Waals surface area contributed by atoms with E-state index in [-0.39, 0.29) is 23.9 Å². The summed E-state index contributed by atoms with van der Waals surface area (Å²) in [5.41, 5.74) is 0.566. The molecule has 1 aromatic heterocycles. The van der Waals surface area contributed by atoms with Crippen LogP contribution in [-0.2, 0) is 19.6 Å². The molecule has 2 aromatic carbocycles. The Morgan fingerprint density at radius 2 is 1.36 bits per heavy atom.